The molecule has 8 heteroatoms. The second-order valence-corrected chi connectivity index (χ2v) is 6.31. The molecule has 1 amide bonds. The summed E-state index contributed by atoms with van der Waals surface area (Å²) >= 11 is 0. The zero-order chi connectivity index (χ0) is 19.0. The van der Waals surface area contributed by atoms with Gasteiger partial charge in [0, 0.05) is 37.4 Å². The van der Waals surface area contributed by atoms with E-state index < -0.39 is 0 Å². The predicted octanol–water partition coefficient (Wildman–Crippen LogP) is 2.96. The van der Waals surface area contributed by atoms with Crippen molar-refractivity contribution >= 4 is 28.3 Å². The minimum absolute atomic E-state index is 0.230. The van der Waals surface area contributed by atoms with E-state index in [2.05, 4.69) is 30.7 Å². The molecule has 4 rings (SSSR count). The Labute approximate surface area is 155 Å². The van der Waals surface area contributed by atoms with Crippen LogP contribution >= 0.6 is 0 Å². The highest BCUT2D eigenvalue weighted by molar-refractivity contribution is 6.06. The van der Waals surface area contributed by atoms with Gasteiger partial charge in [0.15, 0.2) is 0 Å². The topological polar surface area (TPSA) is 101 Å². The van der Waals surface area contributed by atoms with Crippen LogP contribution in [-0.2, 0) is 7.05 Å². The third-order valence-electron chi connectivity index (χ3n) is 4.37. The highest BCUT2D eigenvalue weighted by atomic mass is 16.1. The number of hydrogen-bond acceptors (Lipinski definition) is 5. The number of amides is 1. The SMILES string of the molecule is CNc1cnc(C)c(NC(=O)c2cnc3[nH]c(-c4cnn(C)c4)cc3c2)c1. The lowest BCUT2D eigenvalue weighted by Gasteiger charge is -2.09. The molecular weight excluding hydrogens is 342 g/mol. The van der Waals surface area contributed by atoms with Gasteiger partial charge in [-0.3, -0.25) is 14.5 Å². The Bertz CT molecular complexity index is 1140. The number of carbonyl (C=O) groups excluding carboxylic acids is 1. The molecule has 0 aromatic carbocycles. The second kappa shape index (κ2) is 6.56. The van der Waals surface area contributed by atoms with E-state index in [0.717, 1.165) is 33.7 Å². The number of hydrogen-bond donors (Lipinski definition) is 3. The van der Waals surface area contributed by atoms with Gasteiger partial charge in [0.25, 0.3) is 5.91 Å². The van der Waals surface area contributed by atoms with Crippen LogP contribution in [0.1, 0.15) is 16.1 Å². The quantitative estimate of drug-likeness (QED) is 0.519. The minimum atomic E-state index is -0.230. The molecule has 0 aliphatic rings. The fraction of sp³-hybridized carbons (Fsp3) is 0.158. The molecule has 4 aromatic rings. The first-order valence-electron chi connectivity index (χ1n) is 8.47. The standard InChI is InChI=1S/C19H19N7O/c1-11-16(6-15(20-2)9-21-11)25-19(27)13-4-12-5-17(24-18(12)22-7-13)14-8-23-26(3)10-14/h4-10,20H,1-3H3,(H,22,24)(H,25,27). The van der Waals surface area contributed by atoms with E-state index in [-0.39, 0.29) is 5.91 Å². The van der Waals surface area contributed by atoms with E-state index in [1.54, 1.807) is 23.3 Å². The molecule has 0 aliphatic carbocycles. The van der Waals surface area contributed by atoms with E-state index in [1.165, 1.54) is 0 Å². The Balaban J connectivity index is 1.62. The van der Waals surface area contributed by atoms with Crippen LogP contribution in [0.5, 0.6) is 0 Å². The van der Waals surface area contributed by atoms with Crippen molar-refractivity contribution in [2.24, 2.45) is 7.05 Å². The zero-order valence-electron chi connectivity index (χ0n) is 15.2. The summed E-state index contributed by atoms with van der Waals surface area (Å²) in [5, 5.41) is 11.0. The van der Waals surface area contributed by atoms with Crippen LogP contribution < -0.4 is 10.6 Å². The summed E-state index contributed by atoms with van der Waals surface area (Å²) in [7, 11) is 3.67. The van der Waals surface area contributed by atoms with Gasteiger partial charge in [-0.25, -0.2) is 4.98 Å². The Morgan fingerprint density at radius 3 is 2.74 bits per heavy atom. The fourth-order valence-corrected chi connectivity index (χ4v) is 2.85. The number of nitrogens with zero attached hydrogens (tertiary/aromatic N) is 4. The lowest BCUT2D eigenvalue weighted by atomic mass is 10.2. The minimum Gasteiger partial charge on any atom is -0.387 e. The molecule has 0 unspecified atom stereocenters. The summed E-state index contributed by atoms with van der Waals surface area (Å²) in [5.74, 6) is -0.230. The number of pyridine rings is 2. The molecule has 136 valence electrons. The zero-order valence-corrected chi connectivity index (χ0v) is 15.2. The van der Waals surface area contributed by atoms with Crippen LogP contribution in [0.4, 0.5) is 11.4 Å². The van der Waals surface area contributed by atoms with E-state index in [1.807, 2.05) is 45.4 Å². The highest BCUT2D eigenvalue weighted by Gasteiger charge is 2.12. The molecule has 0 atom stereocenters. The average molecular weight is 361 g/mol. The van der Waals surface area contributed by atoms with Crippen molar-refractivity contribution in [3.8, 4) is 11.3 Å². The maximum absolute atomic E-state index is 12.7. The highest BCUT2D eigenvalue weighted by Crippen LogP contribution is 2.24. The lowest BCUT2D eigenvalue weighted by Crippen LogP contribution is -2.13. The van der Waals surface area contributed by atoms with Crippen LogP contribution in [0.25, 0.3) is 22.3 Å². The van der Waals surface area contributed by atoms with E-state index >= 15 is 0 Å². The summed E-state index contributed by atoms with van der Waals surface area (Å²) in [6, 6.07) is 5.63. The van der Waals surface area contributed by atoms with Crippen LogP contribution in [0.2, 0.25) is 0 Å². The molecule has 0 bridgehead atoms. The van der Waals surface area contributed by atoms with Crippen molar-refractivity contribution in [3.63, 3.8) is 0 Å². The Morgan fingerprint density at radius 2 is 2.00 bits per heavy atom. The monoisotopic (exact) mass is 361 g/mol. The molecule has 0 spiro atoms. The molecule has 8 nitrogen and oxygen atoms in total. The summed E-state index contributed by atoms with van der Waals surface area (Å²) in [4.78, 5) is 24.6. The largest absolute Gasteiger partial charge is 0.387 e. The first-order chi connectivity index (χ1) is 13.0. The van der Waals surface area contributed by atoms with E-state index in [0.29, 0.717) is 11.3 Å². The molecular formula is C19H19N7O. The van der Waals surface area contributed by atoms with E-state index in [9.17, 15) is 4.79 Å². The normalized spacial score (nSPS) is 10.9. The Morgan fingerprint density at radius 1 is 1.15 bits per heavy atom. The van der Waals surface area contributed by atoms with Gasteiger partial charge in [-0.15, -0.1) is 0 Å². The predicted molar refractivity (Wildman–Crippen MR) is 105 cm³/mol. The van der Waals surface area contributed by atoms with Gasteiger partial charge in [0.2, 0.25) is 0 Å². The van der Waals surface area contributed by atoms with Crippen LogP contribution in [0.15, 0.2) is 43.0 Å². The van der Waals surface area contributed by atoms with Crippen LogP contribution in [-0.4, -0.2) is 37.7 Å². The van der Waals surface area contributed by atoms with Crippen LogP contribution in [0.3, 0.4) is 0 Å². The van der Waals surface area contributed by atoms with Crippen molar-refractivity contribution in [1.29, 1.82) is 0 Å². The van der Waals surface area contributed by atoms with Gasteiger partial charge in [0.1, 0.15) is 5.65 Å². The van der Waals surface area contributed by atoms with Crippen molar-refractivity contribution in [3.05, 3.63) is 54.2 Å². The molecule has 4 aromatic heterocycles. The summed E-state index contributed by atoms with van der Waals surface area (Å²) in [5.41, 5.74) is 5.32. The van der Waals surface area contributed by atoms with E-state index in [4.69, 9.17) is 0 Å². The number of carbonyl (C=O) groups is 1. The molecule has 0 fully saturated rings. The lowest BCUT2D eigenvalue weighted by molar-refractivity contribution is 0.102. The number of aromatic amines is 1. The van der Waals surface area contributed by atoms with Gasteiger partial charge in [-0.2, -0.15) is 5.10 Å². The van der Waals surface area contributed by atoms with Gasteiger partial charge in [0.05, 0.1) is 40.7 Å². The number of fused-ring (bicyclic) bond motifs is 1. The number of aryl methyl sites for hydroxylation is 2. The Kier molecular flexibility index (Phi) is 4.08. The maximum atomic E-state index is 12.7. The molecule has 0 saturated carbocycles. The smallest absolute Gasteiger partial charge is 0.257 e. The summed E-state index contributed by atoms with van der Waals surface area (Å²) in [6.07, 6.45) is 6.98. The molecule has 0 aliphatic heterocycles. The third kappa shape index (κ3) is 3.24. The fourth-order valence-electron chi connectivity index (χ4n) is 2.85. The first kappa shape index (κ1) is 16.8. The molecule has 3 N–H and O–H groups in total. The molecule has 27 heavy (non-hydrogen) atoms. The van der Waals surface area contributed by atoms with Gasteiger partial charge < -0.3 is 15.6 Å². The van der Waals surface area contributed by atoms with Crippen LogP contribution in [0, 0.1) is 6.92 Å². The number of H-pyrrole nitrogens is 1. The summed E-state index contributed by atoms with van der Waals surface area (Å²) < 4.78 is 1.74. The maximum Gasteiger partial charge on any atom is 0.257 e. The number of rotatable bonds is 4. The van der Waals surface area contributed by atoms with Crippen molar-refractivity contribution in [1.82, 2.24) is 24.7 Å². The molecule has 4 heterocycles. The van der Waals surface area contributed by atoms with Crippen molar-refractivity contribution in [2.45, 2.75) is 6.92 Å². The average Bonchev–Trinajstić information content (AvgIpc) is 3.28. The molecule has 0 radical (unpaired) electrons. The third-order valence-corrected chi connectivity index (χ3v) is 4.37. The number of aromatic nitrogens is 5. The Hall–Kier alpha value is -3.68. The summed E-state index contributed by atoms with van der Waals surface area (Å²) in [6.45, 7) is 1.85. The number of anilines is 2. The van der Waals surface area contributed by atoms with Gasteiger partial charge in [-0.05, 0) is 25.1 Å². The number of nitrogens with one attached hydrogen (secondary N) is 3. The van der Waals surface area contributed by atoms with Gasteiger partial charge >= 0.3 is 0 Å². The first-order valence-corrected chi connectivity index (χ1v) is 8.47. The van der Waals surface area contributed by atoms with Gasteiger partial charge in [-0.1, -0.05) is 0 Å². The second-order valence-electron chi connectivity index (χ2n) is 6.31. The van der Waals surface area contributed by atoms with Crippen molar-refractivity contribution in [2.75, 3.05) is 17.7 Å². The van der Waals surface area contributed by atoms with Crippen molar-refractivity contribution < 1.29 is 4.79 Å². The molecule has 0 saturated heterocycles.